The molecular formula is C12H15BrN4O2S. The smallest absolute Gasteiger partial charge is 0.240 e. The molecule has 0 aliphatic rings. The monoisotopic (exact) mass is 358 g/mol. The van der Waals surface area contributed by atoms with Crippen molar-refractivity contribution in [3.05, 3.63) is 41.1 Å². The Balaban J connectivity index is 2.12. The molecule has 1 atom stereocenters. The predicted molar refractivity (Wildman–Crippen MR) is 80.6 cm³/mol. The molecule has 3 N–H and O–H groups in total. The predicted octanol–water partition coefficient (Wildman–Crippen LogP) is 1.59. The lowest BCUT2D eigenvalue weighted by atomic mass is 10.3. The molecule has 0 radical (unpaired) electrons. The highest BCUT2D eigenvalue weighted by Gasteiger charge is 2.18. The zero-order valence-corrected chi connectivity index (χ0v) is 13.2. The van der Waals surface area contributed by atoms with Crippen LogP contribution >= 0.6 is 15.9 Å². The number of nitrogens with zero attached hydrogens (tertiary/aromatic N) is 2. The van der Waals surface area contributed by atoms with Crippen LogP contribution in [-0.2, 0) is 16.6 Å². The summed E-state index contributed by atoms with van der Waals surface area (Å²) in [6.07, 6.45) is 3.43. The Morgan fingerprint density at radius 1 is 1.50 bits per heavy atom. The first-order valence-corrected chi connectivity index (χ1v) is 8.21. The number of aromatic nitrogens is 2. The maximum atomic E-state index is 12.2. The average Bonchev–Trinajstić information content (AvgIpc) is 2.84. The lowest BCUT2D eigenvalue weighted by Crippen LogP contribution is -2.35. The van der Waals surface area contributed by atoms with Crippen molar-refractivity contribution < 1.29 is 8.42 Å². The van der Waals surface area contributed by atoms with E-state index in [2.05, 4.69) is 25.8 Å². The molecule has 108 valence electrons. The van der Waals surface area contributed by atoms with Crippen molar-refractivity contribution in [3.63, 3.8) is 0 Å². The highest BCUT2D eigenvalue weighted by atomic mass is 79.9. The summed E-state index contributed by atoms with van der Waals surface area (Å²) < 4.78 is 29.4. The number of halogens is 1. The van der Waals surface area contributed by atoms with Crippen LogP contribution < -0.4 is 10.5 Å². The van der Waals surface area contributed by atoms with Gasteiger partial charge >= 0.3 is 0 Å². The molecule has 0 saturated heterocycles. The number of rotatable bonds is 5. The van der Waals surface area contributed by atoms with Crippen molar-refractivity contribution in [3.8, 4) is 0 Å². The van der Waals surface area contributed by atoms with Gasteiger partial charge in [-0.15, -0.1) is 0 Å². The van der Waals surface area contributed by atoms with E-state index in [9.17, 15) is 8.42 Å². The molecule has 1 unspecified atom stereocenters. The molecule has 20 heavy (non-hydrogen) atoms. The number of hydrogen-bond donors (Lipinski definition) is 2. The van der Waals surface area contributed by atoms with Crippen LogP contribution in [0.2, 0.25) is 0 Å². The number of hydrogen-bond acceptors (Lipinski definition) is 4. The molecule has 0 amide bonds. The van der Waals surface area contributed by atoms with Gasteiger partial charge < -0.3 is 5.73 Å². The van der Waals surface area contributed by atoms with Crippen molar-refractivity contribution in [1.82, 2.24) is 14.5 Å². The molecule has 0 saturated carbocycles. The maximum Gasteiger partial charge on any atom is 0.240 e. The fraction of sp³-hybridized carbons (Fsp3) is 0.250. The Hall–Kier alpha value is -1.38. The van der Waals surface area contributed by atoms with E-state index in [1.165, 1.54) is 12.1 Å². The van der Waals surface area contributed by atoms with Gasteiger partial charge in [0.05, 0.1) is 11.4 Å². The molecular weight excluding hydrogens is 344 g/mol. The summed E-state index contributed by atoms with van der Waals surface area (Å²) in [6.45, 7) is 2.24. The summed E-state index contributed by atoms with van der Waals surface area (Å²) in [7, 11) is -3.59. The van der Waals surface area contributed by atoms with Gasteiger partial charge in [-0.05, 0) is 47.1 Å². The number of nitrogen functional groups attached to an aromatic ring is 1. The third kappa shape index (κ3) is 3.59. The van der Waals surface area contributed by atoms with E-state index in [1.54, 1.807) is 36.1 Å². The second-order valence-corrected chi connectivity index (χ2v) is 7.00. The van der Waals surface area contributed by atoms with Gasteiger partial charge in [-0.25, -0.2) is 13.1 Å². The van der Waals surface area contributed by atoms with Crippen LogP contribution in [0.25, 0.3) is 0 Å². The number of sulfonamides is 1. The molecule has 2 aromatic rings. The quantitative estimate of drug-likeness (QED) is 0.794. The molecule has 0 aliphatic heterocycles. The lowest BCUT2D eigenvalue weighted by Gasteiger charge is -2.14. The second kappa shape index (κ2) is 5.94. The maximum absolute atomic E-state index is 12.2. The summed E-state index contributed by atoms with van der Waals surface area (Å²) in [4.78, 5) is 0.144. The Morgan fingerprint density at radius 3 is 2.85 bits per heavy atom. The standard InChI is InChI=1S/C12H15BrN4O2S/c1-9(8-17-6-2-5-15-17)16-20(18,19)10-3-4-11(13)12(14)7-10/h2-7,9,16H,8,14H2,1H3. The number of nitrogens with one attached hydrogen (secondary N) is 1. The van der Waals surface area contributed by atoms with Gasteiger partial charge in [-0.1, -0.05) is 0 Å². The van der Waals surface area contributed by atoms with E-state index in [-0.39, 0.29) is 10.9 Å². The third-order valence-electron chi connectivity index (χ3n) is 2.65. The molecule has 1 aromatic heterocycles. The summed E-state index contributed by atoms with van der Waals surface area (Å²) in [6, 6.07) is 6.04. The van der Waals surface area contributed by atoms with Crippen LogP contribution in [0.1, 0.15) is 6.92 Å². The molecule has 2 rings (SSSR count). The molecule has 1 aromatic carbocycles. The molecule has 0 bridgehead atoms. The summed E-state index contributed by atoms with van der Waals surface area (Å²) in [5.41, 5.74) is 6.09. The molecule has 1 heterocycles. The Kier molecular flexibility index (Phi) is 4.46. The van der Waals surface area contributed by atoms with Crippen molar-refractivity contribution in [2.75, 3.05) is 5.73 Å². The first-order valence-electron chi connectivity index (χ1n) is 5.93. The van der Waals surface area contributed by atoms with Crippen molar-refractivity contribution in [2.24, 2.45) is 0 Å². The Morgan fingerprint density at radius 2 is 2.25 bits per heavy atom. The van der Waals surface area contributed by atoms with E-state index >= 15 is 0 Å². The normalized spacial score (nSPS) is 13.3. The molecule has 0 aliphatic carbocycles. The summed E-state index contributed by atoms with van der Waals surface area (Å²) >= 11 is 3.23. The van der Waals surface area contributed by atoms with Gasteiger partial charge in [0.15, 0.2) is 0 Å². The summed E-state index contributed by atoms with van der Waals surface area (Å²) in [5, 5.41) is 4.04. The fourth-order valence-corrected chi connectivity index (χ4v) is 3.26. The van der Waals surface area contributed by atoms with Crippen molar-refractivity contribution in [2.45, 2.75) is 24.4 Å². The van der Waals surface area contributed by atoms with Crippen LogP contribution in [0.15, 0.2) is 46.0 Å². The van der Waals surface area contributed by atoms with Crippen LogP contribution in [-0.4, -0.2) is 24.2 Å². The molecule has 0 fully saturated rings. The van der Waals surface area contributed by atoms with Crippen molar-refractivity contribution >= 4 is 31.6 Å². The topological polar surface area (TPSA) is 90.0 Å². The minimum Gasteiger partial charge on any atom is -0.398 e. The molecule has 8 heteroatoms. The largest absolute Gasteiger partial charge is 0.398 e. The number of nitrogens with two attached hydrogens (primary N) is 1. The average molecular weight is 359 g/mol. The van der Waals surface area contributed by atoms with E-state index < -0.39 is 10.0 Å². The first-order chi connectivity index (χ1) is 9.38. The van der Waals surface area contributed by atoms with E-state index in [0.29, 0.717) is 16.7 Å². The lowest BCUT2D eigenvalue weighted by molar-refractivity contribution is 0.494. The first kappa shape index (κ1) is 15.0. The minimum absolute atomic E-state index is 0.144. The van der Waals surface area contributed by atoms with Gasteiger partial charge in [0.25, 0.3) is 0 Å². The van der Waals surface area contributed by atoms with Crippen LogP contribution in [0, 0.1) is 0 Å². The van der Waals surface area contributed by atoms with Gasteiger partial charge in [-0.2, -0.15) is 5.10 Å². The van der Waals surface area contributed by atoms with E-state index in [1.807, 2.05) is 0 Å². The van der Waals surface area contributed by atoms with Crippen LogP contribution in [0.4, 0.5) is 5.69 Å². The summed E-state index contributed by atoms with van der Waals surface area (Å²) in [5.74, 6) is 0. The number of anilines is 1. The van der Waals surface area contributed by atoms with Crippen LogP contribution in [0.5, 0.6) is 0 Å². The van der Waals surface area contributed by atoms with Gasteiger partial charge in [0.2, 0.25) is 10.0 Å². The fourth-order valence-electron chi connectivity index (χ4n) is 1.75. The zero-order valence-electron chi connectivity index (χ0n) is 10.8. The number of benzene rings is 1. The highest BCUT2D eigenvalue weighted by Crippen LogP contribution is 2.22. The SMILES string of the molecule is CC(Cn1cccn1)NS(=O)(=O)c1ccc(Br)c(N)c1. The second-order valence-electron chi connectivity index (χ2n) is 4.43. The Labute approximate surface area is 126 Å². The van der Waals surface area contributed by atoms with Gasteiger partial charge in [-0.3, -0.25) is 4.68 Å². The molecule has 6 nitrogen and oxygen atoms in total. The van der Waals surface area contributed by atoms with Gasteiger partial charge in [0.1, 0.15) is 0 Å². The van der Waals surface area contributed by atoms with E-state index in [0.717, 1.165) is 0 Å². The van der Waals surface area contributed by atoms with E-state index in [4.69, 9.17) is 5.73 Å². The zero-order chi connectivity index (χ0) is 14.8. The Bertz CT molecular complexity index is 685. The van der Waals surface area contributed by atoms with Crippen molar-refractivity contribution in [1.29, 1.82) is 0 Å². The highest BCUT2D eigenvalue weighted by molar-refractivity contribution is 9.10. The third-order valence-corrected chi connectivity index (χ3v) is 4.96. The van der Waals surface area contributed by atoms with Gasteiger partial charge in [0, 0.05) is 28.6 Å². The molecule has 0 spiro atoms. The minimum atomic E-state index is -3.59. The van der Waals surface area contributed by atoms with Crippen LogP contribution in [0.3, 0.4) is 0 Å².